The van der Waals surface area contributed by atoms with E-state index >= 15 is 0 Å². The van der Waals surface area contributed by atoms with Crippen LogP contribution >= 0.6 is 0 Å². The molecule has 0 nitrogen and oxygen atoms in total. The topological polar surface area (TPSA) is 0 Å². The number of hydrogen-bond acceptors (Lipinski definition) is 0. The molecule has 4 aliphatic carbocycles. The average Bonchev–Trinajstić information content (AvgIpc) is 3.04. The van der Waals surface area contributed by atoms with Crippen molar-refractivity contribution in [3.05, 3.63) is 65.2 Å². The Morgan fingerprint density at radius 1 is 0.839 bits per heavy atom. The monoisotopic (exact) mass is 485 g/mol. The summed E-state index contributed by atoms with van der Waals surface area (Å²) in [6.07, 6.45) is 8.91. The van der Waals surface area contributed by atoms with Crippen molar-refractivity contribution in [1.82, 2.24) is 0 Å². The van der Waals surface area contributed by atoms with Crippen molar-refractivity contribution in [3.63, 3.8) is 0 Å². The zero-order valence-electron chi connectivity index (χ0n) is 19.6. The van der Waals surface area contributed by atoms with Crippen molar-refractivity contribution in [2.45, 2.75) is 77.0 Å². The second kappa shape index (κ2) is 7.48. The van der Waals surface area contributed by atoms with Gasteiger partial charge >= 0.3 is 0 Å². The fourth-order valence-electron chi connectivity index (χ4n) is 7.99. The summed E-state index contributed by atoms with van der Waals surface area (Å²) in [7, 11) is 0. The molecule has 4 aliphatic rings. The summed E-state index contributed by atoms with van der Waals surface area (Å²) in [4.78, 5) is 0. The summed E-state index contributed by atoms with van der Waals surface area (Å²) in [5.41, 5.74) is 8.03. The van der Waals surface area contributed by atoms with Crippen LogP contribution in [0.15, 0.2) is 48.5 Å². The molecule has 31 heavy (non-hydrogen) atoms. The van der Waals surface area contributed by atoms with E-state index in [-0.39, 0.29) is 31.6 Å². The van der Waals surface area contributed by atoms with Crippen molar-refractivity contribution < 1.29 is 26.2 Å². The van der Waals surface area contributed by atoms with Crippen LogP contribution in [0.25, 0.3) is 21.9 Å². The second-order valence-corrected chi connectivity index (χ2v) is 12.0. The van der Waals surface area contributed by atoms with E-state index in [0.717, 1.165) is 17.8 Å². The molecule has 0 atom stereocenters. The smallest absolute Gasteiger partial charge is 0 e. The minimum absolute atomic E-state index is 0. The molecule has 0 unspecified atom stereocenters. The molecule has 0 aromatic heterocycles. The van der Waals surface area contributed by atoms with Gasteiger partial charge in [0.1, 0.15) is 0 Å². The standard InChI is InChI=1S/C30H35.Zr/c1-19-27(29(2,3)4)15-24-6-5-7-26(28(19)24)23-8-10-25(11-9-23)30-16-20-12-21(17-30)14-22(13-20)18-30;/h5-11,15,20-22H,12-14,16-18H2,1-4H3;/q-1;. The van der Waals surface area contributed by atoms with E-state index < -0.39 is 0 Å². The van der Waals surface area contributed by atoms with Gasteiger partial charge in [-0.25, -0.2) is 0 Å². The van der Waals surface area contributed by atoms with Gasteiger partial charge in [-0.3, -0.25) is 0 Å². The van der Waals surface area contributed by atoms with Gasteiger partial charge in [-0.2, -0.15) is 5.56 Å². The summed E-state index contributed by atoms with van der Waals surface area (Å²) >= 11 is 0. The minimum atomic E-state index is 0. The molecular weight excluding hydrogens is 452 g/mol. The quantitative estimate of drug-likeness (QED) is 0.320. The first kappa shape index (κ1) is 21.8. The molecule has 1 heteroatoms. The van der Waals surface area contributed by atoms with Crippen LogP contribution in [-0.2, 0) is 37.0 Å². The van der Waals surface area contributed by atoms with Gasteiger partial charge in [0.25, 0.3) is 0 Å². The zero-order valence-corrected chi connectivity index (χ0v) is 22.1. The van der Waals surface area contributed by atoms with Crippen LogP contribution in [0, 0.1) is 24.7 Å². The molecule has 0 aliphatic heterocycles. The fourth-order valence-corrected chi connectivity index (χ4v) is 7.99. The van der Waals surface area contributed by atoms with Crippen LogP contribution in [0.3, 0.4) is 0 Å². The van der Waals surface area contributed by atoms with Crippen molar-refractivity contribution >= 4 is 10.8 Å². The first-order chi connectivity index (χ1) is 14.3. The summed E-state index contributed by atoms with van der Waals surface area (Å²) in [5.74, 6) is 3.02. The molecular formula is C30H35Zr-. The van der Waals surface area contributed by atoms with E-state index in [1.165, 1.54) is 71.6 Å². The third-order valence-electron chi connectivity index (χ3n) is 8.83. The SMILES string of the molecule is Cc1c(C(C)(C)C)[cH-]c2cccc(-c3ccc(C45CC6CC(CC(C6)C4)C5)cc3)c12.[Zr]. The van der Waals surface area contributed by atoms with Gasteiger partial charge in [-0.15, -0.1) is 34.5 Å². The molecule has 0 spiro atoms. The number of benzene rings is 2. The van der Waals surface area contributed by atoms with Crippen molar-refractivity contribution in [1.29, 1.82) is 0 Å². The zero-order chi connectivity index (χ0) is 20.7. The maximum absolute atomic E-state index is 2.49. The van der Waals surface area contributed by atoms with Crippen molar-refractivity contribution in [3.8, 4) is 11.1 Å². The molecule has 160 valence electrons. The summed E-state index contributed by atoms with van der Waals surface area (Å²) in [5, 5.41) is 2.84. The molecule has 0 saturated heterocycles. The Morgan fingerprint density at radius 2 is 1.42 bits per heavy atom. The average molecular weight is 487 g/mol. The number of hydrogen-bond donors (Lipinski definition) is 0. The molecule has 0 N–H and O–H groups in total. The predicted molar refractivity (Wildman–Crippen MR) is 128 cm³/mol. The Morgan fingerprint density at radius 3 is 1.97 bits per heavy atom. The first-order valence-electron chi connectivity index (χ1n) is 12.1. The summed E-state index contributed by atoms with van der Waals surface area (Å²) in [6, 6.07) is 19.1. The van der Waals surface area contributed by atoms with Gasteiger partial charge in [0.15, 0.2) is 0 Å². The molecule has 4 fully saturated rings. The molecule has 0 amide bonds. The third-order valence-corrected chi connectivity index (χ3v) is 8.83. The number of aryl methyl sites for hydroxylation is 1. The van der Waals surface area contributed by atoms with E-state index in [2.05, 4.69) is 76.2 Å². The predicted octanol–water partition coefficient (Wildman–Crippen LogP) is 8.30. The van der Waals surface area contributed by atoms with E-state index in [1.54, 1.807) is 5.56 Å². The van der Waals surface area contributed by atoms with Crippen molar-refractivity contribution in [2.75, 3.05) is 0 Å². The van der Waals surface area contributed by atoms with Crippen LogP contribution in [0.2, 0.25) is 0 Å². The maximum atomic E-state index is 2.49. The molecule has 0 radical (unpaired) electrons. The van der Waals surface area contributed by atoms with E-state index in [9.17, 15) is 0 Å². The second-order valence-electron chi connectivity index (χ2n) is 12.0. The van der Waals surface area contributed by atoms with Crippen LogP contribution in [0.5, 0.6) is 0 Å². The molecule has 3 aromatic carbocycles. The van der Waals surface area contributed by atoms with Crippen molar-refractivity contribution in [2.24, 2.45) is 17.8 Å². The maximum Gasteiger partial charge on any atom is 0 e. The fraction of sp³-hybridized carbons (Fsp3) is 0.500. The largest absolute Gasteiger partial charge is 0.152 e. The van der Waals surface area contributed by atoms with E-state index in [4.69, 9.17) is 0 Å². The van der Waals surface area contributed by atoms with Crippen LogP contribution < -0.4 is 0 Å². The molecule has 4 saturated carbocycles. The van der Waals surface area contributed by atoms with Crippen LogP contribution in [0.4, 0.5) is 0 Å². The van der Waals surface area contributed by atoms with Gasteiger partial charge in [0.05, 0.1) is 0 Å². The number of rotatable bonds is 2. The Bertz CT molecular complexity index is 1070. The Hall–Kier alpha value is -1.07. The van der Waals surface area contributed by atoms with Crippen LogP contribution in [0.1, 0.15) is 76.0 Å². The first-order valence-corrected chi connectivity index (χ1v) is 12.1. The molecule has 3 aromatic rings. The molecule has 4 bridgehead atoms. The Balaban J connectivity index is 0.00000204. The molecule has 7 rings (SSSR count). The van der Waals surface area contributed by atoms with Gasteiger partial charge in [0.2, 0.25) is 0 Å². The van der Waals surface area contributed by atoms with Gasteiger partial charge in [0, 0.05) is 26.2 Å². The minimum Gasteiger partial charge on any atom is -0.152 e. The van der Waals surface area contributed by atoms with Crippen LogP contribution in [-0.4, -0.2) is 0 Å². The number of fused-ring (bicyclic) bond motifs is 1. The van der Waals surface area contributed by atoms with Gasteiger partial charge in [-0.05, 0) is 78.2 Å². The van der Waals surface area contributed by atoms with E-state index in [0.29, 0.717) is 5.41 Å². The van der Waals surface area contributed by atoms with E-state index in [1.807, 2.05) is 0 Å². The summed E-state index contributed by atoms with van der Waals surface area (Å²) in [6.45, 7) is 9.30. The normalized spacial score (nSPS) is 29.4. The third kappa shape index (κ3) is 3.46. The summed E-state index contributed by atoms with van der Waals surface area (Å²) < 4.78 is 0. The Labute approximate surface area is 207 Å². The Kier molecular flexibility index (Phi) is 5.25. The van der Waals surface area contributed by atoms with Gasteiger partial charge < -0.3 is 0 Å². The van der Waals surface area contributed by atoms with Gasteiger partial charge in [-0.1, -0.05) is 63.6 Å². The molecule has 0 heterocycles.